The van der Waals surface area contributed by atoms with Crippen LogP contribution in [0.1, 0.15) is 18.1 Å². The van der Waals surface area contributed by atoms with Crippen molar-refractivity contribution >= 4 is 18.3 Å². The molecule has 0 fully saturated rings. The van der Waals surface area contributed by atoms with Crippen molar-refractivity contribution in [3.63, 3.8) is 0 Å². The Bertz CT molecular complexity index is 504. The van der Waals surface area contributed by atoms with Crippen LogP contribution in [0.3, 0.4) is 0 Å². The Morgan fingerprint density at radius 1 is 0.800 bits per heavy atom. The number of hydrogen-bond acceptors (Lipinski definition) is 2. The number of rotatable bonds is 5. The molecule has 108 valence electrons. The Morgan fingerprint density at radius 2 is 1.15 bits per heavy atom. The molecule has 20 heavy (non-hydrogen) atoms. The van der Waals surface area contributed by atoms with E-state index in [2.05, 4.69) is 0 Å². The first kappa shape index (κ1) is 15.2. The molecule has 2 rings (SSSR count). The zero-order valence-electron chi connectivity index (χ0n) is 12.0. The van der Waals surface area contributed by atoms with Crippen LogP contribution in [-0.4, -0.2) is 6.16 Å². The predicted molar refractivity (Wildman–Crippen MR) is 88.3 cm³/mol. The molecule has 2 nitrogen and oxygen atoms in total. The number of aryl methyl sites for hydroxylation is 2. The van der Waals surface area contributed by atoms with Crippen molar-refractivity contribution in [1.29, 1.82) is 0 Å². The number of halogens is 1. The number of benzene rings is 2. The van der Waals surface area contributed by atoms with E-state index in [-0.39, 0.29) is 0 Å². The summed E-state index contributed by atoms with van der Waals surface area (Å²) in [6.45, 7) is 6.07. The molecule has 0 radical (unpaired) electrons. The van der Waals surface area contributed by atoms with Crippen LogP contribution < -0.4 is 9.05 Å². The second-order valence-electron chi connectivity index (χ2n) is 4.84. The van der Waals surface area contributed by atoms with E-state index in [1.54, 1.807) is 0 Å². The summed E-state index contributed by atoms with van der Waals surface area (Å²) < 4.78 is 11.8. The maximum atomic E-state index is 6.57. The van der Waals surface area contributed by atoms with E-state index in [4.69, 9.17) is 20.3 Å². The molecule has 0 aliphatic rings. The van der Waals surface area contributed by atoms with E-state index in [1.165, 1.54) is 11.1 Å². The Labute approximate surface area is 126 Å². The van der Waals surface area contributed by atoms with Crippen LogP contribution >= 0.6 is 18.3 Å². The molecule has 0 aliphatic heterocycles. The molecular weight excluding hydrogens is 291 g/mol. The van der Waals surface area contributed by atoms with Crippen LogP contribution in [0, 0.1) is 13.8 Å². The van der Waals surface area contributed by atoms with Crippen LogP contribution in [0.2, 0.25) is 0 Å². The van der Waals surface area contributed by atoms with E-state index in [0.717, 1.165) is 11.5 Å². The van der Waals surface area contributed by atoms with Gasteiger partial charge in [-0.25, -0.2) is 0 Å². The summed E-state index contributed by atoms with van der Waals surface area (Å²) in [6, 6.07) is 15.7. The minimum absolute atomic E-state index is 0.663. The summed E-state index contributed by atoms with van der Waals surface area (Å²) in [5.74, 6) is 1.51. The monoisotopic (exact) mass is 310 g/mol. The van der Waals surface area contributed by atoms with Gasteiger partial charge in [0.05, 0.1) is 0 Å². The van der Waals surface area contributed by atoms with E-state index in [0.29, 0.717) is 6.16 Å². The summed E-state index contributed by atoms with van der Waals surface area (Å²) >= 11 is 6.57. The van der Waals surface area contributed by atoms with Crippen molar-refractivity contribution in [3.05, 3.63) is 59.7 Å². The molecule has 0 heterocycles. The summed E-state index contributed by atoms with van der Waals surface area (Å²) in [5, 5.41) is 0. The quantitative estimate of drug-likeness (QED) is 0.677. The molecule has 0 saturated carbocycles. The Hall–Kier alpha value is -1.24. The topological polar surface area (TPSA) is 18.5 Å². The maximum absolute atomic E-state index is 6.57. The fraction of sp³-hybridized carbons (Fsp3) is 0.250. The molecule has 0 aliphatic carbocycles. The first-order valence-corrected chi connectivity index (χ1v) is 9.74. The second-order valence-corrected chi connectivity index (χ2v) is 9.01. The van der Waals surface area contributed by atoms with Crippen LogP contribution in [-0.2, 0) is 0 Å². The summed E-state index contributed by atoms with van der Waals surface area (Å²) in [4.78, 5) is 0. The molecule has 4 heteroatoms. The zero-order valence-corrected chi connectivity index (χ0v) is 13.8. The van der Waals surface area contributed by atoms with Crippen LogP contribution in [0.5, 0.6) is 11.5 Å². The van der Waals surface area contributed by atoms with Crippen LogP contribution in [0.25, 0.3) is 0 Å². The van der Waals surface area contributed by atoms with E-state index >= 15 is 0 Å². The molecule has 2 aromatic rings. The third-order valence-corrected chi connectivity index (χ3v) is 6.20. The van der Waals surface area contributed by atoms with E-state index < -0.39 is 7.07 Å². The van der Waals surface area contributed by atoms with Gasteiger partial charge in [0.15, 0.2) is 0 Å². The molecule has 0 atom stereocenters. The van der Waals surface area contributed by atoms with Gasteiger partial charge in [0.2, 0.25) is 0 Å². The number of hydrogen-bond donors (Lipinski definition) is 0. The van der Waals surface area contributed by atoms with Gasteiger partial charge in [-0.1, -0.05) is 0 Å². The van der Waals surface area contributed by atoms with Gasteiger partial charge in [0.25, 0.3) is 0 Å². The molecule has 0 spiro atoms. The summed E-state index contributed by atoms with van der Waals surface area (Å²) in [5.41, 5.74) is 2.38. The zero-order chi connectivity index (χ0) is 14.6. The standard InChI is InChI=1S/C16H20ClO2P/c1-4-20(17,18-15-9-5-13(2)6-10-15)19-16-11-7-14(3)8-12-16/h5-12,20H,4H2,1-3H3. The van der Waals surface area contributed by atoms with Gasteiger partial charge < -0.3 is 0 Å². The first-order valence-electron chi connectivity index (χ1n) is 6.71. The molecule has 0 saturated heterocycles. The molecule has 0 amide bonds. The van der Waals surface area contributed by atoms with Crippen LogP contribution in [0.4, 0.5) is 0 Å². The molecule has 0 unspecified atom stereocenters. The van der Waals surface area contributed by atoms with Gasteiger partial charge in [-0.2, -0.15) is 0 Å². The van der Waals surface area contributed by atoms with Crippen molar-refractivity contribution in [1.82, 2.24) is 0 Å². The fourth-order valence-corrected chi connectivity index (χ4v) is 3.57. The van der Waals surface area contributed by atoms with Gasteiger partial charge in [0, 0.05) is 0 Å². The van der Waals surface area contributed by atoms with Crippen molar-refractivity contribution in [3.8, 4) is 11.5 Å². The molecule has 0 aromatic heterocycles. The average molecular weight is 311 g/mol. The molecule has 2 aromatic carbocycles. The fourth-order valence-electron chi connectivity index (χ4n) is 1.73. The minimum atomic E-state index is -2.77. The Kier molecular flexibility index (Phi) is 4.91. The van der Waals surface area contributed by atoms with Gasteiger partial charge in [-0.05, 0) is 0 Å². The predicted octanol–water partition coefficient (Wildman–Crippen LogP) is 5.51. The van der Waals surface area contributed by atoms with Gasteiger partial charge >= 0.3 is 125 Å². The SMILES string of the molecule is CC[PH](Cl)(Oc1ccc(C)cc1)Oc1ccc(C)cc1. The Balaban J connectivity index is 2.12. The molecule has 0 N–H and O–H groups in total. The molecular formula is C16H20ClO2P. The van der Waals surface area contributed by atoms with Crippen molar-refractivity contribution in [2.75, 3.05) is 6.16 Å². The van der Waals surface area contributed by atoms with E-state index in [1.807, 2.05) is 69.3 Å². The molecule has 0 bridgehead atoms. The van der Waals surface area contributed by atoms with Crippen molar-refractivity contribution < 1.29 is 9.05 Å². The van der Waals surface area contributed by atoms with Gasteiger partial charge in [0.1, 0.15) is 0 Å². The normalized spacial score (nSPS) is 12.0. The van der Waals surface area contributed by atoms with Crippen molar-refractivity contribution in [2.45, 2.75) is 20.8 Å². The Morgan fingerprint density at radius 3 is 1.45 bits per heavy atom. The third kappa shape index (κ3) is 4.13. The van der Waals surface area contributed by atoms with Crippen LogP contribution in [0.15, 0.2) is 48.5 Å². The third-order valence-electron chi connectivity index (χ3n) is 3.00. The first-order chi connectivity index (χ1) is 9.50. The van der Waals surface area contributed by atoms with Crippen molar-refractivity contribution in [2.24, 2.45) is 0 Å². The summed E-state index contributed by atoms with van der Waals surface area (Å²) in [7, 11) is -2.77. The van der Waals surface area contributed by atoms with Gasteiger partial charge in [-0.3, -0.25) is 0 Å². The summed E-state index contributed by atoms with van der Waals surface area (Å²) in [6.07, 6.45) is 0.663. The van der Waals surface area contributed by atoms with Gasteiger partial charge in [-0.15, -0.1) is 0 Å². The van der Waals surface area contributed by atoms with E-state index in [9.17, 15) is 0 Å². The second kappa shape index (κ2) is 6.47. The average Bonchev–Trinajstić information content (AvgIpc) is 2.44.